The van der Waals surface area contributed by atoms with Crippen LogP contribution in [0.2, 0.25) is 0 Å². The minimum atomic E-state index is -0.307. The van der Waals surface area contributed by atoms with Gasteiger partial charge in [0.05, 0.1) is 6.61 Å². The summed E-state index contributed by atoms with van der Waals surface area (Å²) in [6.45, 7) is 6.14. The molecule has 0 fully saturated rings. The molecular formula is C19H34O2. The molecule has 0 aromatic rings. The zero-order valence-corrected chi connectivity index (χ0v) is 13.9. The molecule has 0 bridgehead atoms. The lowest BCUT2D eigenvalue weighted by atomic mass is 10.1. The summed E-state index contributed by atoms with van der Waals surface area (Å²) in [7, 11) is 0. The van der Waals surface area contributed by atoms with Gasteiger partial charge >= 0.3 is 5.97 Å². The van der Waals surface area contributed by atoms with E-state index in [1.807, 2.05) is 0 Å². The highest BCUT2D eigenvalue weighted by molar-refractivity contribution is 5.81. The fourth-order valence-corrected chi connectivity index (χ4v) is 2.21. The lowest BCUT2D eigenvalue weighted by molar-refractivity contribution is -0.137. The first-order valence-corrected chi connectivity index (χ1v) is 8.75. The second kappa shape index (κ2) is 17.0. The second-order valence-corrected chi connectivity index (χ2v) is 5.60. The van der Waals surface area contributed by atoms with Crippen molar-refractivity contribution in [3.8, 4) is 0 Å². The van der Waals surface area contributed by atoms with Gasteiger partial charge in [0.15, 0.2) is 0 Å². The number of esters is 1. The number of carbonyl (C=O) groups excluding carboxylic acids is 1. The fraction of sp³-hybridized carbons (Fsp3) is 0.737. The summed E-state index contributed by atoms with van der Waals surface area (Å²) in [6.07, 6.45) is 21.1. The van der Waals surface area contributed by atoms with Crippen LogP contribution in [-0.4, -0.2) is 12.6 Å². The quantitative estimate of drug-likeness (QED) is 0.161. The van der Waals surface area contributed by atoms with Gasteiger partial charge in [-0.1, -0.05) is 77.0 Å². The van der Waals surface area contributed by atoms with Crippen LogP contribution in [0.25, 0.3) is 0 Å². The largest absolute Gasteiger partial charge is 0.463 e. The van der Waals surface area contributed by atoms with E-state index in [2.05, 4.69) is 25.7 Å². The molecule has 0 N–H and O–H groups in total. The molecule has 21 heavy (non-hydrogen) atoms. The Hall–Kier alpha value is -1.05. The van der Waals surface area contributed by atoms with Gasteiger partial charge in [0.1, 0.15) is 0 Å². The molecule has 2 heteroatoms. The van der Waals surface area contributed by atoms with Crippen LogP contribution in [0, 0.1) is 0 Å². The Bertz CT molecular complexity index is 269. The third kappa shape index (κ3) is 16.9. The van der Waals surface area contributed by atoms with Crippen LogP contribution >= 0.6 is 0 Å². The van der Waals surface area contributed by atoms with E-state index < -0.39 is 0 Å². The van der Waals surface area contributed by atoms with Gasteiger partial charge in [0.25, 0.3) is 0 Å². The van der Waals surface area contributed by atoms with Crippen LogP contribution < -0.4 is 0 Å². The van der Waals surface area contributed by atoms with Gasteiger partial charge in [-0.2, -0.15) is 0 Å². The number of rotatable bonds is 15. The van der Waals surface area contributed by atoms with Gasteiger partial charge in [0.2, 0.25) is 0 Å². The Labute approximate surface area is 131 Å². The van der Waals surface area contributed by atoms with Gasteiger partial charge in [-0.05, 0) is 25.7 Å². The van der Waals surface area contributed by atoms with E-state index >= 15 is 0 Å². The first-order valence-electron chi connectivity index (χ1n) is 8.75. The summed E-state index contributed by atoms with van der Waals surface area (Å²) in [5.41, 5.74) is 0. The summed E-state index contributed by atoms with van der Waals surface area (Å²) >= 11 is 0. The Morgan fingerprint density at radius 2 is 1.38 bits per heavy atom. The van der Waals surface area contributed by atoms with Crippen molar-refractivity contribution >= 4 is 5.97 Å². The number of ether oxygens (including phenoxy) is 1. The number of allylic oxidation sites excluding steroid dienone is 2. The summed E-state index contributed by atoms with van der Waals surface area (Å²) in [4.78, 5) is 10.8. The molecular weight excluding hydrogens is 260 g/mol. The Kier molecular flexibility index (Phi) is 16.2. The summed E-state index contributed by atoms with van der Waals surface area (Å²) in [5, 5.41) is 0. The molecule has 0 saturated carbocycles. The van der Waals surface area contributed by atoms with E-state index in [4.69, 9.17) is 4.74 Å². The average molecular weight is 294 g/mol. The van der Waals surface area contributed by atoms with Crippen LogP contribution in [0.5, 0.6) is 0 Å². The molecule has 122 valence electrons. The second-order valence-electron chi connectivity index (χ2n) is 5.60. The lowest BCUT2D eigenvalue weighted by Gasteiger charge is -2.02. The van der Waals surface area contributed by atoms with E-state index in [1.165, 1.54) is 70.3 Å². The third-order valence-electron chi connectivity index (χ3n) is 3.57. The number of hydrogen-bond donors (Lipinski definition) is 0. The van der Waals surface area contributed by atoms with Crippen LogP contribution in [-0.2, 0) is 9.53 Å². The van der Waals surface area contributed by atoms with Crippen molar-refractivity contribution in [2.45, 2.75) is 84.0 Å². The van der Waals surface area contributed by atoms with Crippen molar-refractivity contribution in [3.05, 3.63) is 24.8 Å². The molecule has 0 atom stereocenters. The maximum atomic E-state index is 10.8. The van der Waals surface area contributed by atoms with Crippen molar-refractivity contribution in [2.24, 2.45) is 0 Å². The Morgan fingerprint density at radius 1 is 0.857 bits per heavy atom. The summed E-state index contributed by atoms with van der Waals surface area (Å²) in [5.74, 6) is -0.307. The van der Waals surface area contributed by atoms with Gasteiger partial charge in [0, 0.05) is 6.08 Å². The van der Waals surface area contributed by atoms with E-state index in [0.717, 1.165) is 12.8 Å². The predicted octanol–water partition coefficient (Wildman–Crippen LogP) is 5.97. The third-order valence-corrected chi connectivity index (χ3v) is 3.57. The van der Waals surface area contributed by atoms with Crippen molar-refractivity contribution in [3.63, 3.8) is 0 Å². The molecule has 0 aromatic carbocycles. The van der Waals surface area contributed by atoms with Crippen LogP contribution in [0.4, 0.5) is 0 Å². The molecule has 0 radical (unpaired) electrons. The predicted molar refractivity (Wildman–Crippen MR) is 91.4 cm³/mol. The smallest absolute Gasteiger partial charge is 0.330 e. The molecule has 2 nitrogen and oxygen atoms in total. The Morgan fingerprint density at radius 3 is 1.95 bits per heavy atom. The van der Waals surface area contributed by atoms with Crippen LogP contribution in [0.3, 0.4) is 0 Å². The minimum Gasteiger partial charge on any atom is -0.463 e. The van der Waals surface area contributed by atoms with Crippen molar-refractivity contribution < 1.29 is 9.53 Å². The van der Waals surface area contributed by atoms with Gasteiger partial charge in [-0.3, -0.25) is 0 Å². The number of carbonyl (C=O) groups is 1. The average Bonchev–Trinajstić information content (AvgIpc) is 2.50. The fourth-order valence-electron chi connectivity index (χ4n) is 2.21. The monoisotopic (exact) mass is 294 g/mol. The van der Waals surface area contributed by atoms with E-state index in [9.17, 15) is 4.79 Å². The van der Waals surface area contributed by atoms with E-state index in [0.29, 0.717) is 6.61 Å². The zero-order valence-electron chi connectivity index (χ0n) is 13.9. The van der Waals surface area contributed by atoms with Crippen molar-refractivity contribution in [1.82, 2.24) is 0 Å². The Balaban J connectivity index is 3.07. The lowest BCUT2D eigenvalue weighted by Crippen LogP contribution is -2.01. The maximum absolute atomic E-state index is 10.8. The van der Waals surface area contributed by atoms with Crippen molar-refractivity contribution in [2.75, 3.05) is 6.61 Å². The van der Waals surface area contributed by atoms with Gasteiger partial charge < -0.3 is 4.74 Å². The highest BCUT2D eigenvalue weighted by Crippen LogP contribution is 2.10. The number of unbranched alkanes of at least 4 members (excludes halogenated alkanes) is 10. The molecule has 0 aliphatic carbocycles. The van der Waals surface area contributed by atoms with E-state index in [1.54, 1.807) is 0 Å². The number of hydrogen-bond acceptors (Lipinski definition) is 2. The molecule has 0 spiro atoms. The van der Waals surface area contributed by atoms with Crippen molar-refractivity contribution in [1.29, 1.82) is 0 Å². The molecule has 0 rings (SSSR count). The first-order chi connectivity index (χ1) is 10.3. The molecule has 0 aliphatic rings. The highest BCUT2D eigenvalue weighted by atomic mass is 16.5. The maximum Gasteiger partial charge on any atom is 0.330 e. The first kappa shape index (κ1) is 19.9. The van der Waals surface area contributed by atoms with Crippen LogP contribution in [0.15, 0.2) is 24.8 Å². The van der Waals surface area contributed by atoms with Crippen LogP contribution in [0.1, 0.15) is 84.0 Å². The molecule has 0 aliphatic heterocycles. The summed E-state index contributed by atoms with van der Waals surface area (Å²) in [6, 6.07) is 0. The molecule has 0 amide bonds. The zero-order chi connectivity index (χ0) is 15.6. The standard InChI is InChI=1S/C19H34O2/c1-3-5-6-7-8-9-10-11-12-13-14-15-16-17-18-21-19(20)4-2/h4,7-8H,2-3,5-6,9-18H2,1H3/b8-7-. The summed E-state index contributed by atoms with van der Waals surface area (Å²) < 4.78 is 4.93. The topological polar surface area (TPSA) is 26.3 Å². The SMILES string of the molecule is C=CC(=O)OCCCCCCCCCC/C=C\CCCC. The molecule has 0 unspecified atom stereocenters. The van der Waals surface area contributed by atoms with Gasteiger partial charge in [-0.15, -0.1) is 0 Å². The normalized spacial score (nSPS) is 10.9. The van der Waals surface area contributed by atoms with E-state index in [-0.39, 0.29) is 5.97 Å². The molecule has 0 aromatic heterocycles. The molecule has 0 heterocycles. The van der Waals surface area contributed by atoms with Gasteiger partial charge in [-0.25, -0.2) is 4.79 Å². The molecule has 0 saturated heterocycles. The minimum absolute atomic E-state index is 0.307. The highest BCUT2D eigenvalue weighted by Gasteiger charge is 1.95.